The molecule has 3 aromatic heterocycles. The molecule has 0 bridgehead atoms. The number of rotatable bonds is 2. The molecular weight excluding hydrogens is 291 g/mol. The van der Waals surface area contributed by atoms with Crippen LogP contribution in [0.2, 0.25) is 0 Å². The first-order chi connectivity index (χ1) is 10.1. The van der Waals surface area contributed by atoms with Gasteiger partial charge in [-0.2, -0.15) is 0 Å². The van der Waals surface area contributed by atoms with Gasteiger partial charge in [0.1, 0.15) is 16.3 Å². The summed E-state index contributed by atoms with van der Waals surface area (Å²) in [6, 6.07) is 1.80. The molecule has 7 heteroatoms. The summed E-state index contributed by atoms with van der Waals surface area (Å²) in [5, 5.41) is 11.8. The number of halogens is 1. The second-order valence-electron chi connectivity index (χ2n) is 5.45. The van der Waals surface area contributed by atoms with Gasteiger partial charge in [0.05, 0.1) is 11.1 Å². The van der Waals surface area contributed by atoms with Crippen molar-refractivity contribution in [3.05, 3.63) is 35.5 Å². The Kier molecular flexibility index (Phi) is 2.66. The van der Waals surface area contributed by atoms with Crippen LogP contribution in [-0.4, -0.2) is 45.1 Å². The number of hydrogen-bond acceptors (Lipinski definition) is 5. The largest absolute Gasteiger partial charge is 0.380 e. The zero-order valence-electron chi connectivity index (χ0n) is 11.3. The molecule has 1 aliphatic heterocycles. The summed E-state index contributed by atoms with van der Waals surface area (Å²) in [5.41, 5.74) is 0.225. The Hall–Kier alpha value is -1.83. The zero-order valence-corrected chi connectivity index (χ0v) is 12.1. The van der Waals surface area contributed by atoms with Crippen molar-refractivity contribution >= 4 is 22.4 Å². The highest BCUT2D eigenvalue weighted by Gasteiger charge is 2.43. The average Bonchev–Trinajstić information content (AvgIpc) is 3.05. The van der Waals surface area contributed by atoms with Crippen LogP contribution in [0, 0.1) is 5.82 Å². The summed E-state index contributed by atoms with van der Waals surface area (Å²) in [7, 11) is 1.94. The third-order valence-corrected chi connectivity index (χ3v) is 4.96. The number of thiazole rings is 1. The van der Waals surface area contributed by atoms with Crippen LogP contribution >= 0.6 is 11.3 Å². The van der Waals surface area contributed by atoms with E-state index in [4.69, 9.17) is 0 Å². The van der Waals surface area contributed by atoms with Crippen molar-refractivity contribution in [1.29, 1.82) is 0 Å². The van der Waals surface area contributed by atoms with Gasteiger partial charge in [0.25, 0.3) is 0 Å². The quantitative estimate of drug-likeness (QED) is 0.759. The Morgan fingerprint density at radius 3 is 2.95 bits per heavy atom. The Morgan fingerprint density at radius 2 is 2.19 bits per heavy atom. The van der Waals surface area contributed by atoms with E-state index in [1.54, 1.807) is 18.5 Å². The number of H-pyrrole nitrogens is 1. The lowest BCUT2D eigenvalue weighted by molar-refractivity contribution is -0.0919. The lowest BCUT2D eigenvalue weighted by atomic mass is 9.96. The van der Waals surface area contributed by atoms with Gasteiger partial charge >= 0.3 is 0 Å². The van der Waals surface area contributed by atoms with Crippen LogP contribution in [0.25, 0.3) is 21.5 Å². The summed E-state index contributed by atoms with van der Waals surface area (Å²) >= 11 is 1.33. The van der Waals surface area contributed by atoms with Crippen molar-refractivity contribution in [2.24, 2.45) is 0 Å². The molecule has 2 N–H and O–H groups in total. The van der Waals surface area contributed by atoms with Crippen LogP contribution in [0.4, 0.5) is 4.39 Å². The first-order valence-corrected chi connectivity index (χ1v) is 7.38. The van der Waals surface area contributed by atoms with Crippen LogP contribution in [0.3, 0.4) is 0 Å². The smallest absolute Gasteiger partial charge is 0.150 e. The summed E-state index contributed by atoms with van der Waals surface area (Å²) < 4.78 is 14.2. The molecule has 4 heterocycles. The molecule has 1 fully saturated rings. The zero-order chi connectivity index (χ0) is 14.6. The first kappa shape index (κ1) is 12.9. The molecule has 0 aliphatic carbocycles. The molecule has 1 saturated heterocycles. The molecule has 0 saturated carbocycles. The van der Waals surface area contributed by atoms with Crippen molar-refractivity contribution in [2.75, 3.05) is 20.1 Å². The van der Waals surface area contributed by atoms with Crippen molar-refractivity contribution in [3.8, 4) is 10.4 Å². The molecule has 0 spiro atoms. The van der Waals surface area contributed by atoms with Gasteiger partial charge in [-0.1, -0.05) is 0 Å². The summed E-state index contributed by atoms with van der Waals surface area (Å²) in [6.45, 7) is 1.11. The van der Waals surface area contributed by atoms with Crippen LogP contribution in [0.15, 0.2) is 24.7 Å². The molecule has 1 aliphatic rings. The Labute approximate surface area is 124 Å². The topological polar surface area (TPSA) is 65.0 Å². The fourth-order valence-corrected chi connectivity index (χ4v) is 3.87. The molecule has 0 aromatic carbocycles. The fourth-order valence-electron chi connectivity index (χ4n) is 2.82. The molecule has 108 valence electrons. The van der Waals surface area contributed by atoms with Gasteiger partial charge in [0, 0.05) is 36.4 Å². The highest BCUT2D eigenvalue weighted by Crippen LogP contribution is 2.39. The van der Waals surface area contributed by atoms with Crippen molar-refractivity contribution in [2.45, 2.75) is 5.60 Å². The minimum atomic E-state index is -0.904. The number of β-amino-alcohol motifs (C(OH)–C–C–N with tert-alkyl or cyclic N) is 1. The van der Waals surface area contributed by atoms with Gasteiger partial charge in [0.2, 0.25) is 0 Å². The van der Waals surface area contributed by atoms with Crippen LogP contribution < -0.4 is 0 Å². The molecule has 0 atom stereocenters. The lowest BCUT2D eigenvalue weighted by Crippen LogP contribution is -2.57. The number of fused-ring (bicyclic) bond motifs is 1. The number of aliphatic hydroxyl groups is 1. The van der Waals surface area contributed by atoms with E-state index in [1.807, 2.05) is 11.9 Å². The van der Waals surface area contributed by atoms with E-state index in [2.05, 4.69) is 15.0 Å². The number of likely N-dealkylation sites (tertiary alicyclic amines) is 1. The van der Waals surface area contributed by atoms with Crippen LogP contribution in [-0.2, 0) is 5.60 Å². The molecule has 5 nitrogen and oxygen atoms in total. The third kappa shape index (κ3) is 1.89. The predicted octanol–water partition coefficient (Wildman–Crippen LogP) is 1.96. The Balaban J connectivity index is 1.81. The minimum absolute atomic E-state index is 0.380. The summed E-state index contributed by atoms with van der Waals surface area (Å²) in [5.74, 6) is -0.380. The maximum atomic E-state index is 14.2. The van der Waals surface area contributed by atoms with E-state index in [0.717, 1.165) is 5.39 Å². The van der Waals surface area contributed by atoms with E-state index < -0.39 is 5.60 Å². The fraction of sp³-hybridized carbons (Fsp3) is 0.286. The maximum absolute atomic E-state index is 14.2. The number of pyridine rings is 1. The SMILES string of the molecule is CN1CC(O)(c2ncc(-c3c(F)cnc4[nH]ccc34)s2)C1. The normalized spacial score (nSPS) is 18.0. The average molecular weight is 304 g/mol. The van der Waals surface area contributed by atoms with Crippen molar-refractivity contribution in [1.82, 2.24) is 19.9 Å². The van der Waals surface area contributed by atoms with Gasteiger partial charge in [-0.15, -0.1) is 11.3 Å². The number of hydrogen-bond donors (Lipinski definition) is 2. The predicted molar refractivity (Wildman–Crippen MR) is 78.6 cm³/mol. The van der Waals surface area contributed by atoms with E-state index in [0.29, 0.717) is 34.2 Å². The number of aromatic amines is 1. The number of nitrogens with zero attached hydrogens (tertiary/aromatic N) is 3. The molecule has 4 rings (SSSR count). The van der Waals surface area contributed by atoms with Gasteiger partial charge < -0.3 is 10.1 Å². The number of nitrogens with one attached hydrogen (secondary N) is 1. The van der Waals surface area contributed by atoms with E-state index in [9.17, 15) is 9.50 Å². The number of aromatic nitrogens is 3. The molecule has 3 aromatic rings. The monoisotopic (exact) mass is 304 g/mol. The summed E-state index contributed by atoms with van der Waals surface area (Å²) in [4.78, 5) is 14.0. The second kappa shape index (κ2) is 4.33. The van der Waals surface area contributed by atoms with E-state index in [-0.39, 0.29) is 5.82 Å². The van der Waals surface area contributed by atoms with Crippen molar-refractivity contribution < 1.29 is 9.50 Å². The summed E-state index contributed by atoms with van der Waals surface area (Å²) in [6.07, 6.45) is 4.57. The molecule has 0 amide bonds. The minimum Gasteiger partial charge on any atom is -0.380 e. The van der Waals surface area contributed by atoms with E-state index >= 15 is 0 Å². The molecular formula is C14H13FN4OS. The maximum Gasteiger partial charge on any atom is 0.150 e. The highest BCUT2D eigenvalue weighted by molar-refractivity contribution is 7.15. The van der Waals surface area contributed by atoms with Gasteiger partial charge in [0.15, 0.2) is 5.82 Å². The standard InChI is InChI=1S/C14H13FN4OS/c1-19-6-14(20,7-19)13-18-5-10(21-13)11-8-2-3-16-12(8)17-4-9(11)15/h2-5,20H,6-7H2,1H3,(H,16,17). The van der Waals surface area contributed by atoms with Crippen LogP contribution in [0.5, 0.6) is 0 Å². The van der Waals surface area contributed by atoms with Crippen LogP contribution in [0.1, 0.15) is 5.01 Å². The number of likely N-dealkylation sites (N-methyl/N-ethyl adjacent to an activating group) is 1. The van der Waals surface area contributed by atoms with Crippen molar-refractivity contribution in [3.63, 3.8) is 0 Å². The molecule has 0 radical (unpaired) electrons. The van der Waals surface area contributed by atoms with Gasteiger partial charge in [-0.3, -0.25) is 4.90 Å². The lowest BCUT2D eigenvalue weighted by Gasteiger charge is -2.42. The van der Waals surface area contributed by atoms with Gasteiger partial charge in [-0.25, -0.2) is 14.4 Å². The Bertz CT molecular complexity index is 821. The first-order valence-electron chi connectivity index (χ1n) is 6.56. The Morgan fingerprint density at radius 1 is 1.38 bits per heavy atom. The molecule has 21 heavy (non-hydrogen) atoms. The highest BCUT2D eigenvalue weighted by atomic mass is 32.1. The van der Waals surface area contributed by atoms with Gasteiger partial charge in [-0.05, 0) is 13.1 Å². The molecule has 0 unspecified atom stereocenters. The van der Waals surface area contributed by atoms with E-state index in [1.165, 1.54) is 17.5 Å². The third-order valence-electron chi connectivity index (χ3n) is 3.75. The second-order valence-corrected chi connectivity index (χ2v) is 6.49.